The van der Waals surface area contributed by atoms with E-state index in [1.807, 2.05) is 12.1 Å². The third kappa shape index (κ3) is 5.50. The maximum atomic E-state index is 12.4. The molecule has 2 nitrogen and oxygen atoms in total. The molecule has 1 unspecified atom stereocenters. The van der Waals surface area contributed by atoms with Gasteiger partial charge < -0.3 is 0 Å². The van der Waals surface area contributed by atoms with Crippen LogP contribution in [-0.4, -0.2) is 6.18 Å². The van der Waals surface area contributed by atoms with Crippen LogP contribution in [0.2, 0.25) is 0 Å². The number of nitriles is 2. The second-order valence-electron chi connectivity index (χ2n) is 4.51. The van der Waals surface area contributed by atoms with E-state index in [1.165, 1.54) is 0 Å². The quantitative estimate of drug-likeness (QED) is 0.756. The van der Waals surface area contributed by atoms with Gasteiger partial charge in [-0.1, -0.05) is 18.1 Å². The average Bonchev–Trinajstić information content (AvgIpc) is 2.45. The first-order valence-corrected chi connectivity index (χ1v) is 6.73. The minimum atomic E-state index is -4.33. The summed E-state index contributed by atoms with van der Waals surface area (Å²) in [5, 5.41) is 18.0. The van der Waals surface area contributed by atoms with Crippen molar-refractivity contribution in [3.05, 3.63) is 35.4 Å². The molecule has 1 rings (SSSR count). The van der Waals surface area contributed by atoms with E-state index in [1.54, 1.807) is 24.3 Å². The number of benzene rings is 1. The zero-order valence-electron chi connectivity index (χ0n) is 10.8. The molecule has 0 fully saturated rings. The van der Waals surface area contributed by atoms with Crippen LogP contribution in [0.1, 0.15) is 24.0 Å². The Bertz CT molecular complexity index is 627. The molecule has 1 atom stereocenters. The van der Waals surface area contributed by atoms with Gasteiger partial charge in [0.05, 0.1) is 17.7 Å². The maximum absolute atomic E-state index is 12.4. The van der Waals surface area contributed by atoms with E-state index < -0.39 is 24.4 Å². The molecule has 0 aliphatic carbocycles. The molecule has 108 valence electrons. The monoisotopic (exact) mass is 354 g/mol. The van der Waals surface area contributed by atoms with Crippen LogP contribution in [0.25, 0.3) is 0 Å². The molecule has 0 N–H and O–H groups in total. The Kier molecular flexibility index (Phi) is 5.82. The first-order chi connectivity index (χ1) is 9.84. The smallest absolute Gasteiger partial charge is 0.197 e. The van der Waals surface area contributed by atoms with E-state index in [4.69, 9.17) is 5.26 Å². The molecule has 0 aliphatic heterocycles. The predicted molar refractivity (Wildman–Crippen MR) is 74.9 cm³/mol. The molecule has 0 bridgehead atoms. The molecule has 0 amide bonds. The van der Waals surface area contributed by atoms with Gasteiger partial charge in [-0.15, -0.1) is 0 Å². The summed E-state index contributed by atoms with van der Waals surface area (Å²) in [4.78, 5) is 2.36. The first kappa shape index (κ1) is 17.1. The van der Waals surface area contributed by atoms with Crippen molar-refractivity contribution in [2.24, 2.45) is 5.41 Å². The average molecular weight is 355 g/mol. The van der Waals surface area contributed by atoms with Gasteiger partial charge >= 0.3 is 6.18 Å². The normalized spacial score (nSPS) is 13.2. The Morgan fingerprint density at radius 2 is 1.67 bits per heavy atom. The van der Waals surface area contributed by atoms with Crippen LogP contribution in [-0.2, 0) is 6.42 Å². The van der Waals surface area contributed by atoms with Crippen molar-refractivity contribution in [3.63, 3.8) is 0 Å². The first-order valence-electron chi connectivity index (χ1n) is 5.94. The van der Waals surface area contributed by atoms with Crippen molar-refractivity contribution >= 4 is 15.9 Å². The Morgan fingerprint density at radius 1 is 1.05 bits per heavy atom. The van der Waals surface area contributed by atoms with Crippen molar-refractivity contribution < 1.29 is 13.2 Å². The van der Waals surface area contributed by atoms with Gasteiger partial charge in [0, 0.05) is 28.8 Å². The number of hydrogen-bond donors (Lipinski definition) is 0. The zero-order chi connectivity index (χ0) is 15.9. The summed E-state index contributed by atoms with van der Waals surface area (Å²) in [6, 6.07) is 10.2. The lowest BCUT2D eigenvalue weighted by Gasteiger charge is -2.21. The number of nitrogens with zero attached hydrogens (tertiary/aromatic N) is 2. The van der Waals surface area contributed by atoms with E-state index in [-0.39, 0.29) is 6.42 Å². The van der Waals surface area contributed by atoms with Crippen LogP contribution in [0.15, 0.2) is 24.3 Å². The molecule has 0 heterocycles. The summed E-state index contributed by atoms with van der Waals surface area (Å²) in [5.41, 5.74) is -0.302. The van der Waals surface area contributed by atoms with Gasteiger partial charge in [-0.25, -0.2) is 0 Å². The number of alkyl halides is 3. The van der Waals surface area contributed by atoms with Crippen LogP contribution in [0, 0.1) is 38.8 Å². The fourth-order valence-corrected chi connectivity index (χ4v) is 2.19. The molecule has 0 saturated carbocycles. The van der Waals surface area contributed by atoms with Gasteiger partial charge in [0.15, 0.2) is 0 Å². The molecule has 0 saturated heterocycles. The molecule has 0 aromatic heterocycles. The van der Waals surface area contributed by atoms with Crippen LogP contribution in [0.4, 0.5) is 13.2 Å². The molecule has 6 heteroatoms. The van der Waals surface area contributed by atoms with Crippen LogP contribution in [0.3, 0.4) is 0 Å². The predicted octanol–water partition coefficient (Wildman–Crippen LogP) is 4.31. The fraction of sp³-hybridized carbons (Fsp3) is 0.333. The maximum Gasteiger partial charge on any atom is 0.389 e. The highest BCUT2D eigenvalue weighted by Gasteiger charge is 2.35. The molecular weight excluding hydrogens is 345 g/mol. The SMILES string of the molecule is N#Cc1ccc(CC(C#N)(C#CBr)CCC(F)(F)F)cc1. The van der Waals surface area contributed by atoms with Gasteiger partial charge in [-0.2, -0.15) is 23.7 Å². The summed E-state index contributed by atoms with van der Waals surface area (Å²) in [6.07, 6.45) is -5.73. The highest BCUT2D eigenvalue weighted by Crippen LogP contribution is 2.33. The molecule has 1 aromatic carbocycles. The Hall–Kier alpha value is -1.97. The van der Waals surface area contributed by atoms with Crippen LogP contribution >= 0.6 is 15.9 Å². The molecule has 0 radical (unpaired) electrons. The minimum absolute atomic E-state index is 0.0733. The van der Waals surface area contributed by atoms with Gasteiger partial charge in [-0.3, -0.25) is 0 Å². The Balaban J connectivity index is 2.98. The Labute approximate surface area is 129 Å². The lowest BCUT2D eigenvalue weighted by molar-refractivity contribution is -0.138. The van der Waals surface area contributed by atoms with Crippen molar-refractivity contribution in [1.29, 1.82) is 10.5 Å². The fourth-order valence-electron chi connectivity index (χ4n) is 1.81. The van der Waals surface area contributed by atoms with E-state index in [9.17, 15) is 18.4 Å². The molecule has 0 spiro atoms. The lowest BCUT2D eigenvalue weighted by Crippen LogP contribution is -2.23. The van der Waals surface area contributed by atoms with E-state index in [0.717, 1.165) is 0 Å². The largest absolute Gasteiger partial charge is 0.389 e. The minimum Gasteiger partial charge on any atom is -0.197 e. The topological polar surface area (TPSA) is 47.6 Å². The Morgan fingerprint density at radius 3 is 2.10 bits per heavy atom. The summed E-state index contributed by atoms with van der Waals surface area (Å²) in [5.74, 6) is 2.54. The summed E-state index contributed by atoms with van der Waals surface area (Å²) in [7, 11) is 0. The highest BCUT2D eigenvalue weighted by atomic mass is 79.9. The standard InChI is InChI=1S/C15H10BrF3N2/c16-8-7-14(11-21,5-6-15(17,18)19)9-12-1-3-13(10-20)4-2-12/h1-4H,5-6,9H2. The lowest BCUT2D eigenvalue weighted by atomic mass is 9.79. The van der Waals surface area contributed by atoms with E-state index >= 15 is 0 Å². The number of hydrogen-bond acceptors (Lipinski definition) is 2. The molecular formula is C15H10BrF3N2. The summed E-state index contributed by atoms with van der Waals surface area (Å²) >= 11 is 2.85. The van der Waals surface area contributed by atoms with Gasteiger partial charge in [0.1, 0.15) is 5.41 Å². The number of halogens is 4. The van der Waals surface area contributed by atoms with E-state index in [0.29, 0.717) is 11.1 Å². The van der Waals surface area contributed by atoms with Crippen molar-refractivity contribution in [1.82, 2.24) is 0 Å². The molecule has 21 heavy (non-hydrogen) atoms. The van der Waals surface area contributed by atoms with E-state index in [2.05, 4.69) is 26.7 Å². The summed E-state index contributed by atoms with van der Waals surface area (Å²) < 4.78 is 37.2. The van der Waals surface area contributed by atoms with Gasteiger partial charge in [0.2, 0.25) is 0 Å². The number of rotatable bonds is 4. The molecule has 1 aromatic rings. The molecule has 0 aliphatic rings. The highest BCUT2D eigenvalue weighted by molar-refractivity contribution is 9.12. The zero-order valence-corrected chi connectivity index (χ0v) is 12.4. The van der Waals surface area contributed by atoms with Crippen LogP contribution < -0.4 is 0 Å². The van der Waals surface area contributed by atoms with Crippen LogP contribution in [0.5, 0.6) is 0 Å². The second kappa shape index (κ2) is 7.16. The second-order valence-corrected chi connectivity index (χ2v) is 4.91. The van der Waals surface area contributed by atoms with Gasteiger partial charge in [0.25, 0.3) is 0 Å². The third-order valence-corrected chi connectivity index (χ3v) is 3.12. The summed E-state index contributed by atoms with van der Waals surface area (Å²) in [6.45, 7) is 0. The van der Waals surface area contributed by atoms with Gasteiger partial charge in [-0.05, 0) is 28.9 Å². The van der Waals surface area contributed by atoms with Crippen molar-refractivity contribution in [2.45, 2.75) is 25.4 Å². The third-order valence-electron chi connectivity index (χ3n) is 2.92. The van der Waals surface area contributed by atoms with Crippen molar-refractivity contribution in [3.8, 4) is 22.9 Å². The van der Waals surface area contributed by atoms with Crippen molar-refractivity contribution in [2.75, 3.05) is 0 Å².